The van der Waals surface area contributed by atoms with Gasteiger partial charge < -0.3 is 9.47 Å². The Bertz CT molecular complexity index is 804. The summed E-state index contributed by atoms with van der Waals surface area (Å²) in [6.45, 7) is -0.0107. The Labute approximate surface area is 146 Å². The van der Waals surface area contributed by atoms with Crippen LogP contribution in [-0.4, -0.2) is 39.8 Å². The van der Waals surface area contributed by atoms with Crippen LogP contribution in [0.15, 0.2) is 60.7 Å². The van der Waals surface area contributed by atoms with Crippen molar-refractivity contribution in [2.24, 2.45) is 0 Å². The van der Waals surface area contributed by atoms with Crippen molar-refractivity contribution in [2.75, 3.05) is 13.2 Å². The van der Waals surface area contributed by atoms with Gasteiger partial charge in [-0.2, -0.15) is 8.42 Å². The lowest BCUT2D eigenvalue weighted by Gasteiger charge is -2.04. The maximum Gasteiger partial charge on any atom is 0.338 e. The molecule has 2 atom stereocenters. The molecule has 25 heavy (non-hydrogen) atoms. The largest absolute Gasteiger partial charge is 0.459 e. The van der Waals surface area contributed by atoms with E-state index in [2.05, 4.69) is 0 Å². The maximum absolute atomic E-state index is 11.9. The molecule has 0 aliphatic carbocycles. The van der Waals surface area contributed by atoms with Gasteiger partial charge in [-0.25, -0.2) is 4.79 Å². The molecule has 3 rings (SSSR count). The van der Waals surface area contributed by atoms with Crippen LogP contribution in [0.2, 0.25) is 0 Å². The molecule has 0 N–H and O–H groups in total. The van der Waals surface area contributed by atoms with E-state index in [0.29, 0.717) is 11.1 Å². The van der Waals surface area contributed by atoms with Gasteiger partial charge in [0.05, 0.1) is 12.2 Å². The smallest absolute Gasteiger partial charge is 0.338 e. The Morgan fingerprint density at radius 3 is 2.20 bits per heavy atom. The average Bonchev–Trinajstić information content (AvgIpc) is 3.38. The minimum Gasteiger partial charge on any atom is -0.459 e. The minimum absolute atomic E-state index is 0.0699. The Hall–Kier alpha value is -2.22. The SMILES string of the molecule is O=C(OC[C@H]1O[C@H]1COS(=O)(=O)Cc1ccccc1)c1ccccc1. The van der Waals surface area contributed by atoms with Crippen LogP contribution in [0.4, 0.5) is 0 Å². The molecule has 0 spiro atoms. The van der Waals surface area contributed by atoms with Gasteiger partial charge in [0, 0.05) is 0 Å². The fourth-order valence-corrected chi connectivity index (χ4v) is 3.30. The summed E-state index contributed by atoms with van der Waals surface area (Å²) in [6.07, 6.45) is -0.714. The molecule has 0 amide bonds. The van der Waals surface area contributed by atoms with Crippen LogP contribution in [0.5, 0.6) is 0 Å². The van der Waals surface area contributed by atoms with E-state index in [9.17, 15) is 13.2 Å². The van der Waals surface area contributed by atoms with Crippen LogP contribution in [0, 0.1) is 0 Å². The first kappa shape index (κ1) is 17.6. The van der Waals surface area contributed by atoms with Crippen LogP contribution in [0.3, 0.4) is 0 Å². The normalized spacial score (nSPS) is 19.4. The monoisotopic (exact) mass is 362 g/mol. The molecule has 1 fully saturated rings. The van der Waals surface area contributed by atoms with E-state index >= 15 is 0 Å². The highest BCUT2D eigenvalue weighted by molar-refractivity contribution is 7.85. The minimum atomic E-state index is -3.68. The highest BCUT2D eigenvalue weighted by Gasteiger charge is 2.41. The molecule has 2 aromatic carbocycles. The Balaban J connectivity index is 1.39. The van der Waals surface area contributed by atoms with E-state index < -0.39 is 16.1 Å². The molecule has 0 radical (unpaired) electrons. The van der Waals surface area contributed by atoms with E-state index in [1.54, 1.807) is 48.5 Å². The summed E-state index contributed by atoms with van der Waals surface area (Å²) in [4.78, 5) is 11.8. The van der Waals surface area contributed by atoms with Crippen LogP contribution < -0.4 is 0 Å². The molecule has 0 aromatic heterocycles. The van der Waals surface area contributed by atoms with Crippen molar-refractivity contribution >= 4 is 16.1 Å². The summed E-state index contributed by atoms with van der Waals surface area (Å²) in [7, 11) is -3.68. The summed E-state index contributed by atoms with van der Waals surface area (Å²) in [5, 5.41) is 0. The van der Waals surface area contributed by atoms with Gasteiger partial charge in [-0.3, -0.25) is 4.18 Å². The second-order valence-electron chi connectivity index (χ2n) is 5.65. The first-order chi connectivity index (χ1) is 12.0. The lowest BCUT2D eigenvalue weighted by molar-refractivity contribution is 0.0476. The molecule has 7 heteroatoms. The van der Waals surface area contributed by atoms with Gasteiger partial charge in [0.25, 0.3) is 10.1 Å². The predicted molar refractivity (Wildman–Crippen MR) is 90.4 cm³/mol. The van der Waals surface area contributed by atoms with Gasteiger partial charge in [-0.05, 0) is 17.7 Å². The van der Waals surface area contributed by atoms with Gasteiger partial charge in [0.1, 0.15) is 24.6 Å². The van der Waals surface area contributed by atoms with E-state index in [4.69, 9.17) is 13.7 Å². The van der Waals surface area contributed by atoms with Crippen molar-refractivity contribution < 1.29 is 26.9 Å². The summed E-state index contributed by atoms with van der Waals surface area (Å²) in [5.74, 6) is -0.624. The standard InChI is InChI=1S/C18H18O6S/c19-18(15-9-5-2-6-10-15)22-11-16-17(24-16)12-23-25(20,21)13-14-7-3-1-4-8-14/h1-10,16-17H,11-13H2/t16-,17+/m1/s1. The molecule has 2 aromatic rings. The summed E-state index contributed by atoms with van der Waals surface area (Å²) in [6, 6.07) is 17.4. The Morgan fingerprint density at radius 2 is 1.52 bits per heavy atom. The molecule has 0 bridgehead atoms. The number of benzene rings is 2. The van der Waals surface area contributed by atoms with E-state index in [1.807, 2.05) is 12.1 Å². The fourth-order valence-electron chi connectivity index (χ4n) is 2.28. The Morgan fingerprint density at radius 1 is 0.920 bits per heavy atom. The van der Waals surface area contributed by atoms with Crippen molar-refractivity contribution in [3.63, 3.8) is 0 Å². The van der Waals surface area contributed by atoms with Gasteiger partial charge >= 0.3 is 5.97 Å². The summed E-state index contributed by atoms with van der Waals surface area (Å²) < 4.78 is 39.3. The quantitative estimate of drug-likeness (QED) is 0.407. The topological polar surface area (TPSA) is 82.2 Å². The molecule has 1 aliphatic rings. The van der Waals surface area contributed by atoms with Crippen LogP contribution in [0.1, 0.15) is 15.9 Å². The zero-order chi connectivity index (χ0) is 17.7. The van der Waals surface area contributed by atoms with Crippen LogP contribution >= 0.6 is 0 Å². The number of rotatable bonds is 8. The number of hydrogen-bond acceptors (Lipinski definition) is 6. The first-order valence-corrected chi connectivity index (χ1v) is 9.40. The molecule has 132 valence electrons. The second kappa shape index (κ2) is 7.77. The van der Waals surface area contributed by atoms with E-state index in [0.717, 1.165) is 0 Å². The number of carbonyl (C=O) groups excluding carboxylic acids is 1. The number of hydrogen-bond donors (Lipinski definition) is 0. The summed E-state index contributed by atoms with van der Waals surface area (Å²) >= 11 is 0. The van der Waals surface area contributed by atoms with Gasteiger partial charge in [-0.15, -0.1) is 0 Å². The molecular formula is C18H18O6S. The predicted octanol–water partition coefficient (Wildman–Crippen LogP) is 2.16. The van der Waals surface area contributed by atoms with Crippen LogP contribution in [0.25, 0.3) is 0 Å². The van der Waals surface area contributed by atoms with Crippen molar-refractivity contribution in [3.8, 4) is 0 Å². The molecule has 0 saturated carbocycles. The highest BCUT2D eigenvalue weighted by atomic mass is 32.2. The van der Waals surface area contributed by atoms with E-state index in [1.165, 1.54) is 0 Å². The van der Waals surface area contributed by atoms with Gasteiger partial charge in [-0.1, -0.05) is 48.5 Å². The number of esters is 1. The number of ether oxygens (including phenoxy) is 2. The molecule has 6 nitrogen and oxygen atoms in total. The second-order valence-corrected chi connectivity index (χ2v) is 7.29. The third-order valence-corrected chi connectivity index (χ3v) is 4.86. The average molecular weight is 362 g/mol. The van der Waals surface area contributed by atoms with Crippen molar-refractivity contribution in [2.45, 2.75) is 18.0 Å². The van der Waals surface area contributed by atoms with Crippen molar-refractivity contribution in [1.29, 1.82) is 0 Å². The molecular weight excluding hydrogens is 344 g/mol. The molecule has 1 heterocycles. The maximum atomic E-state index is 11.9. The van der Waals surface area contributed by atoms with Crippen molar-refractivity contribution in [3.05, 3.63) is 71.8 Å². The summed E-state index contributed by atoms with van der Waals surface area (Å²) in [5.41, 5.74) is 1.12. The lowest BCUT2D eigenvalue weighted by Crippen LogP contribution is -2.16. The zero-order valence-corrected chi connectivity index (χ0v) is 14.2. The third kappa shape index (κ3) is 5.38. The van der Waals surface area contributed by atoms with Crippen LogP contribution in [-0.2, 0) is 29.5 Å². The number of epoxide rings is 1. The number of carbonyl (C=O) groups is 1. The van der Waals surface area contributed by atoms with E-state index in [-0.39, 0.29) is 31.2 Å². The van der Waals surface area contributed by atoms with Gasteiger partial charge in [0.2, 0.25) is 0 Å². The zero-order valence-electron chi connectivity index (χ0n) is 13.4. The highest BCUT2D eigenvalue weighted by Crippen LogP contribution is 2.24. The van der Waals surface area contributed by atoms with Gasteiger partial charge in [0.15, 0.2) is 0 Å². The molecule has 1 saturated heterocycles. The lowest BCUT2D eigenvalue weighted by atomic mass is 10.2. The van der Waals surface area contributed by atoms with Crippen molar-refractivity contribution in [1.82, 2.24) is 0 Å². The molecule has 0 unspecified atom stereocenters. The fraction of sp³-hybridized carbons (Fsp3) is 0.278. The third-order valence-electron chi connectivity index (χ3n) is 3.67. The first-order valence-electron chi connectivity index (χ1n) is 7.82. The Kier molecular flexibility index (Phi) is 5.47. The molecule has 1 aliphatic heterocycles.